The van der Waals surface area contributed by atoms with Gasteiger partial charge in [-0.2, -0.15) is 0 Å². The van der Waals surface area contributed by atoms with Gasteiger partial charge >= 0.3 is 0 Å². The zero-order valence-electron chi connectivity index (χ0n) is 23.6. The number of rotatable bonds is 10. The third-order valence-corrected chi connectivity index (χ3v) is 10.1. The number of ether oxygens (including phenoxy) is 1. The first kappa shape index (κ1) is 29.3. The van der Waals surface area contributed by atoms with Crippen molar-refractivity contribution in [1.29, 1.82) is 0 Å². The molecule has 3 heterocycles. The van der Waals surface area contributed by atoms with E-state index in [-0.39, 0.29) is 12.4 Å². The van der Waals surface area contributed by atoms with E-state index in [9.17, 15) is 8.96 Å². The number of nitrogens with zero attached hydrogens (tertiary/aromatic N) is 3. The Morgan fingerprint density at radius 2 is 1.91 bits per heavy atom. The Morgan fingerprint density at radius 3 is 2.70 bits per heavy atom. The topological polar surface area (TPSA) is 89.7 Å². The predicted molar refractivity (Wildman–Crippen MR) is 167 cm³/mol. The number of hydrogen-bond donors (Lipinski definition) is 1. The normalized spacial score (nSPS) is 15.0. The summed E-state index contributed by atoms with van der Waals surface area (Å²) in [7, 11) is -2.49. The predicted octanol–water partition coefficient (Wildman–Crippen LogP) is 8.14. The van der Waals surface area contributed by atoms with Crippen molar-refractivity contribution in [2.24, 2.45) is 0 Å². The molecule has 6 rings (SSSR count). The number of nitrogens with one attached hydrogen (secondary N) is 1. The zero-order valence-corrected chi connectivity index (χ0v) is 25.3. The van der Waals surface area contributed by atoms with E-state index < -0.39 is 7.37 Å². The molecule has 43 heavy (non-hydrogen) atoms. The molecule has 1 aliphatic heterocycles. The first-order valence-corrected chi connectivity index (χ1v) is 16.5. The van der Waals surface area contributed by atoms with E-state index in [4.69, 9.17) is 25.3 Å². The van der Waals surface area contributed by atoms with Gasteiger partial charge in [-0.25, -0.2) is 14.4 Å². The molecule has 2 aromatic heterocycles. The maximum atomic E-state index is 13.5. The van der Waals surface area contributed by atoms with Gasteiger partial charge in [-0.15, -0.1) is 0 Å². The number of hydrogen-bond acceptors (Lipinski definition) is 8. The Hall–Kier alpha value is -3.75. The van der Waals surface area contributed by atoms with Crippen LogP contribution in [0.25, 0.3) is 22.2 Å². The second kappa shape index (κ2) is 12.9. The fourth-order valence-corrected chi connectivity index (χ4v) is 7.46. The molecule has 0 spiro atoms. The zero-order chi connectivity index (χ0) is 29.8. The van der Waals surface area contributed by atoms with E-state index in [1.165, 1.54) is 18.5 Å². The summed E-state index contributed by atoms with van der Waals surface area (Å²) in [6.45, 7) is 4.67. The number of anilines is 2. The van der Waals surface area contributed by atoms with Crippen LogP contribution in [0.15, 0.2) is 83.5 Å². The van der Waals surface area contributed by atoms with Crippen LogP contribution in [0.1, 0.15) is 18.2 Å². The molecule has 0 bridgehead atoms. The van der Waals surface area contributed by atoms with Crippen molar-refractivity contribution in [3.05, 3.63) is 101 Å². The van der Waals surface area contributed by atoms with Gasteiger partial charge in [0.15, 0.2) is 0 Å². The molecule has 0 aliphatic carbocycles. The summed E-state index contributed by atoms with van der Waals surface area (Å²) in [5.41, 5.74) is 3.12. The second-order valence-corrected chi connectivity index (χ2v) is 13.6. The lowest BCUT2D eigenvalue weighted by Gasteiger charge is -2.30. The molecule has 8 nitrogen and oxygen atoms in total. The standard InChI is InChI=1S/C32H31ClFN4O4P/c1-2-41-43(39)14-12-38(13-15-43)19-26-8-11-30(42-26)23-6-9-29-27(17-23)32(36-21-35-29)37-25-7-10-31(28(33)18-25)40-20-22-4-3-5-24(34)16-22/h3-11,16-18,21H,2,12-15,19-20H2,1H3,(H,35,36,37). The number of halogens is 2. The fourth-order valence-electron chi connectivity index (χ4n) is 5.10. The lowest BCUT2D eigenvalue weighted by Crippen LogP contribution is -2.34. The van der Waals surface area contributed by atoms with E-state index in [1.54, 1.807) is 24.3 Å². The average Bonchev–Trinajstić information content (AvgIpc) is 3.47. The summed E-state index contributed by atoms with van der Waals surface area (Å²) in [5.74, 6) is 2.39. The molecule has 3 aromatic carbocycles. The number of furan rings is 1. The number of benzene rings is 3. The molecular formula is C32H31ClFN4O4P. The van der Waals surface area contributed by atoms with Crippen molar-refractivity contribution in [3.8, 4) is 17.1 Å². The minimum atomic E-state index is -2.49. The number of aromatic nitrogens is 2. The Bertz CT molecular complexity index is 1790. The molecule has 1 N–H and O–H groups in total. The Kier molecular flexibility index (Phi) is 8.77. The minimum Gasteiger partial charge on any atom is -0.487 e. The van der Waals surface area contributed by atoms with Crippen LogP contribution < -0.4 is 10.1 Å². The van der Waals surface area contributed by atoms with Crippen molar-refractivity contribution < 1.29 is 22.6 Å². The van der Waals surface area contributed by atoms with E-state index in [0.717, 1.165) is 46.8 Å². The summed E-state index contributed by atoms with van der Waals surface area (Å²) in [6, 6.07) is 21.5. The van der Waals surface area contributed by atoms with Crippen molar-refractivity contribution in [2.75, 3.05) is 37.3 Å². The molecule has 1 fully saturated rings. The lowest BCUT2D eigenvalue weighted by atomic mass is 10.1. The maximum Gasteiger partial charge on any atom is 0.205 e. The molecular weight excluding hydrogens is 590 g/mol. The highest BCUT2D eigenvalue weighted by molar-refractivity contribution is 7.59. The van der Waals surface area contributed by atoms with Gasteiger partial charge in [0.1, 0.15) is 41.8 Å². The van der Waals surface area contributed by atoms with Gasteiger partial charge in [-0.05, 0) is 73.2 Å². The summed E-state index contributed by atoms with van der Waals surface area (Å²) in [5, 5.41) is 4.58. The highest BCUT2D eigenvalue weighted by atomic mass is 35.5. The summed E-state index contributed by atoms with van der Waals surface area (Å²) < 4.78 is 43.7. The highest BCUT2D eigenvalue weighted by Crippen LogP contribution is 2.48. The van der Waals surface area contributed by atoms with Crippen molar-refractivity contribution >= 4 is 41.4 Å². The van der Waals surface area contributed by atoms with Crippen molar-refractivity contribution in [2.45, 2.75) is 20.1 Å². The molecule has 222 valence electrons. The van der Waals surface area contributed by atoms with E-state index in [1.807, 2.05) is 43.3 Å². The van der Waals surface area contributed by atoms with E-state index in [2.05, 4.69) is 20.2 Å². The van der Waals surface area contributed by atoms with Crippen LogP contribution >= 0.6 is 19.0 Å². The Labute approximate surface area is 254 Å². The van der Waals surface area contributed by atoms with Crippen LogP contribution in [0.5, 0.6) is 5.75 Å². The van der Waals surface area contributed by atoms with Crippen LogP contribution in [0.4, 0.5) is 15.9 Å². The quantitative estimate of drug-likeness (QED) is 0.157. The molecule has 1 saturated heterocycles. The molecule has 0 amide bonds. The summed E-state index contributed by atoms with van der Waals surface area (Å²) >= 11 is 6.51. The monoisotopic (exact) mass is 620 g/mol. The fraction of sp³-hybridized carbons (Fsp3) is 0.250. The third-order valence-electron chi connectivity index (χ3n) is 7.32. The first-order chi connectivity index (χ1) is 20.9. The number of fused-ring (bicyclic) bond motifs is 1. The van der Waals surface area contributed by atoms with Crippen LogP contribution in [0.2, 0.25) is 5.02 Å². The van der Waals surface area contributed by atoms with Crippen LogP contribution in [-0.2, 0) is 22.2 Å². The molecule has 5 aromatic rings. The Morgan fingerprint density at radius 1 is 1.05 bits per heavy atom. The third kappa shape index (κ3) is 7.08. The van der Waals surface area contributed by atoms with Crippen molar-refractivity contribution in [3.63, 3.8) is 0 Å². The molecule has 1 aliphatic rings. The SMILES string of the molecule is CCOP1(=O)CCN(Cc2ccc(-c3ccc4ncnc(Nc5ccc(OCc6cccc(F)c6)c(Cl)c5)c4c3)o2)CC1. The largest absolute Gasteiger partial charge is 0.487 e. The lowest BCUT2D eigenvalue weighted by molar-refractivity contribution is 0.243. The molecule has 11 heteroatoms. The molecule has 0 atom stereocenters. The summed E-state index contributed by atoms with van der Waals surface area (Å²) in [6.07, 6.45) is 2.66. The minimum absolute atomic E-state index is 0.200. The summed E-state index contributed by atoms with van der Waals surface area (Å²) in [4.78, 5) is 11.1. The van der Waals surface area contributed by atoms with E-state index >= 15 is 0 Å². The Balaban J connectivity index is 1.15. The molecule has 0 saturated carbocycles. The van der Waals surface area contributed by atoms with Crippen molar-refractivity contribution in [1.82, 2.24) is 14.9 Å². The molecule has 0 radical (unpaired) electrons. The van der Waals surface area contributed by atoms with Crippen LogP contribution in [0, 0.1) is 5.82 Å². The maximum absolute atomic E-state index is 13.5. The smallest absolute Gasteiger partial charge is 0.205 e. The van der Waals surface area contributed by atoms with Gasteiger partial charge in [-0.1, -0.05) is 23.7 Å². The van der Waals surface area contributed by atoms with Crippen LogP contribution in [-0.4, -0.2) is 46.9 Å². The second-order valence-electron chi connectivity index (χ2n) is 10.4. The van der Waals surface area contributed by atoms with Gasteiger partial charge < -0.3 is 19.0 Å². The van der Waals surface area contributed by atoms with Gasteiger partial charge in [0.25, 0.3) is 0 Å². The van der Waals surface area contributed by atoms with Gasteiger partial charge in [0.05, 0.1) is 23.7 Å². The van der Waals surface area contributed by atoms with E-state index in [0.29, 0.717) is 47.6 Å². The highest BCUT2D eigenvalue weighted by Gasteiger charge is 2.29. The average molecular weight is 621 g/mol. The first-order valence-electron chi connectivity index (χ1n) is 14.1. The van der Waals surface area contributed by atoms with Gasteiger partial charge in [-0.3, -0.25) is 9.46 Å². The van der Waals surface area contributed by atoms with Crippen LogP contribution in [0.3, 0.4) is 0 Å². The molecule has 0 unspecified atom stereocenters. The van der Waals surface area contributed by atoms with Gasteiger partial charge in [0.2, 0.25) is 7.37 Å². The van der Waals surface area contributed by atoms with Gasteiger partial charge in [0, 0.05) is 42.1 Å².